The van der Waals surface area contributed by atoms with Crippen LogP contribution in [0.4, 0.5) is 0 Å². The summed E-state index contributed by atoms with van der Waals surface area (Å²) in [7, 11) is -0.788. The molecule has 0 saturated heterocycles. The van der Waals surface area contributed by atoms with E-state index in [9.17, 15) is 0 Å². The van der Waals surface area contributed by atoms with Crippen molar-refractivity contribution in [1.82, 2.24) is 0 Å². The molecule has 32 heavy (non-hydrogen) atoms. The Morgan fingerprint density at radius 3 is 1.41 bits per heavy atom. The molecule has 2 aromatic carbocycles. The van der Waals surface area contributed by atoms with Gasteiger partial charge in [0.05, 0.1) is 0 Å². The maximum Gasteiger partial charge on any atom is -0.112 e. The molecule has 0 saturated carbocycles. The molecule has 0 fully saturated rings. The van der Waals surface area contributed by atoms with Crippen LogP contribution < -0.4 is 18.6 Å². The minimum Gasteiger partial charge on any atom is -0.222 e. The van der Waals surface area contributed by atoms with Crippen molar-refractivity contribution in [1.29, 1.82) is 0 Å². The fourth-order valence-corrected chi connectivity index (χ4v) is 6.30. The molecule has 1 heterocycles. The number of hydrogen-bond donors (Lipinski definition) is 0. The second kappa shape index (κ2) is 11.0. The van der Waals surface area contributed by atoms with Crippen LogP contribution in [0, 0.1) is 10.2 Å². The molecule has 0 amide bonds. The maximum atomic E-state index is 8.49. The Hall–Kier alpha value is -2.27. The third kappa shape index (κ3) is 7.40. The van der Waals surface area contributed by atoms with E-state index in [1.807, 2.05) is 0 Å². The Labute approximate surface area is 200 Å². The molecule has 7 heteroatoms. The third-order valence-electron chi connectivity index (χ3n) is 4.63. The Kier molecular flexibility index (Phi) is 8.41. The van der Waals surface area contributed by atoms with Crippen molar-refractivity contribution in [2.75, 3.05) is 14.1 Å². The number of benzene rings is 2. The molecule has 0 radical (unpaired) electrons. The molecular weight excluding hydrogens is 541 g/mol. The maximum absolute atomic E-state index is 8.49. The molecule has 0 spiro atoms. The number of nitrogens with zero attached hydrogens (tertiary/aromatic N) is 1. The zero-order valence-corrected chi connectivity index (χ0v) is 20.7. The number of allylic oxidation sites excluding steroid dienone is 8. The van der Waals surface area contributed by atoms with Crippen molar-refractivity contribution >= 4 is 33.9 Å². The van der Waals surface area contributed by atoms with Crippen LogP contribution in [-0.4, -0.2) is 45.3 Å². The van der Waals surface area contributed by atoms with E-state index >= 15 is 0 Å². The average Bonchev–Trinajstić information content (AvgIpc) is 2.79. The molecule has 1 aliphatic carbocycles. The van der Waals surface area contributed by atoms with Crippen LogP contribution in [0.2, 0.25) is 0 Å². The monoisotopic (exact) mass is 565 g/mol. The molecule has 5 nitrogen and oxygen atoms in total. The predicted octanol–water partition coefficient (Wildman–Crippen LogP) is 0.166. The Morgan fingerprint density at radius 2 is 1.03 bits per heavy atom. The van der Waals surface area contributed by atoms with E-state index in [1.165, 1.54) is 35.2 Å². The van der Waals surface area contributed by atoms with Crippen molar-refractivity contribution in [2.24, 2.45) is 0 Å². The second-order valence-corrected chi connectivity index (χ2v) is 11.0. The van der Waals surface area contributed by atoms with Crippen molar-refractivity contribution in [3.05, 3.63) is 119 Å². The Morgan fingerprint density at radius 1 is 0.625 bits per heavy atom. The van der Waals surface area contributed by atoms with Gasteiger partial charge in [-0.15, -0.1) is 10.2 Å². The first-order valence-electron chi connectivity index (χ1n) is 9.69. The summed E-state index contributed by atoms with van der Waals surface area (Å²) in [5.41, 5.74) is 6.50. The molecule has 0 unspecified atom stereocenters. The van der Waals surface area contributed by atoms with Crippen molar-refractivity contribution in [3.63, 3.8) is 0 Å². The minimum absolute atomic E-state index is 0.430. The molecule has 164 valence electrons. The summed E-state index contributed by atoms with van der Waals surface area (Å²) in [5.74, 6) is 0. The van der Waals surface area contributed by atoms with Gasteiger partial charge in [0, 0.05) is 0 Å². The van der Waals surface area contributed by atoms with Crippen LogP contribution in [0.3, 0.4) is 0 Å². The van der Waals surface area contributed by atoms with E-state index in [4.69, 9.17) is 18.6 Å². The topological polar surface area (TPSA) is 95.2 Å². The summed E-state index contributed by atoms with van der Waals surface area (Å²) < 4.78 is 39.1. The summed E-state index contributed by atoms with van der Waals surface area (Å²) in [4.78, 5) is 0. The van der Waals surface area contributed by atoms with Crippen LogP contribution in [-0.2, 0) is 0 Å². The van der Waals surface area contributed by atoms with Crippen LogP contribution in [0.1, 0.15) is 11.1 Å². The normalized spacial score (nSPS) is 15.6. The molecule has 4 rings (SSSR count). The molecule has 1 aliphatic heterocycles. The summed E-state index contributed by atoms with van der Waals surface area (Å²) in [6.07, 6.45) is 13.6. The van der Waals surface area contributed by atoms with Crippen molar-refractivity contribution in [2.45, 2.75) is 0 Å². The van der Waals surface area contributed by atoms with E-state index in [0.717, 1.165) is 0 Å². The summed E-state index contributed by atoms with van der Waals surface area (Å²) in [5, 5.41) is 0. The van der Waals surface area contributed by atoms with E-state index in [2.05, 4.69) is 116 Å². The van der Waals surface area contributed by atoms with Crippen molar-refractivity contribution < 1.29 is 33.5 Å². The molecule has 2 aliphatic rings. The van der Waals surface area contributed by atoms with Gasteiger partial charge in [-0.05, 0) is 0 Å². The van der Waals surface area contributed by atoms with Gasteiger partial charge >= 0.3 is 172 Å². The zero-order valence-electron chi connectivity index (χ0n) is 17.6. The largest absolute Gasteiger partial charge is 0.222 e. The van der Waals surface area contributed by atoms with Gasteiger partial charge in [-0.25, -0.2) is 18.6 Å². The average molecular weight is 564 g/mol. The Bertz CT molecular complexity index is 1060. The summed E-state index contributed by atoms with van der Waals surface area (Å²) in [6, 6.07) is 21.6. The van der Waals surface area contributed by atoms with Gasteiger partial charge in [0.15, 0.2) is 0 Å². The number of rotatable bonds is 2. The summed E-state index contributed by atoms with van der Waals surface area (Å²) >= 11 is -0.430. The SMILES string of the molecule is C[N+](C)=C1C=CC(=C2C=C(c3ccccc3)[Te]C(c3ccccc3)=C2)C=C1.[O-][Cl+3]([O-])([O-])[O-]. The molecule has 0 aromatic heterocycles. The molecule has 0 bridgehead atoms. The Balaban J connectivity index is 0.000000523. The minimum atomic E-state index is -4.94. The van der Waals surface area contributed by atoms with Crippen LogP contribution in [0.5, 0.6) is 0 Å². The number of halogens is 1. The van der Waals surface area contributed by atoms with E-state index < -0.39 is 31.2 Å². The van der Waals surface area contributed by atoms with Crippen LogP contribution in [0.25, 0.3) is 7.24 Å². The quantitative estimate of drug-likeness (QED) is 0.385. The first-order chi connectivity index (χ1) is 15.2. The van der Waals surface area contributed by atoms with Gasteiger partial charge in [-0.3, -0.25) is 0 Å². The fourth-order valence-electron chi connectivity index (χ4n) is 3.11. The van der Waals surface area contributed by atoms with Gasteiger partial charge in [0.1, 0.15) is 0 Å². The van der Waals surface area contributed by atoms with Gasteiger partial charge in [-0.1, -0.05) is 0 Å². The van der Waals surface area contributed by atoms with Crippen molar-refractivity contribution in [3.8, 4) is 0 Å². The van der Waals surface area contributed by atoms with Gasteiger partial charge in [-0.2, -0.15) is 0 Å². The van der Waals surface area contributed by atoms with E-state index in [-0.39, 0.29) is 0 Å². The predicted molar refractivity (Wildman–Crippen MR) is 117 cm³/mol. The number of hydrogen-bond acceptors (Lipinski definition) is 4. The molecule has 0 atom stereocenters. The van der Waals surface area contributed by atoms with E-state index in [0.29, 0.717) is 0 Å². The second-order valence-electron chi connectivity index (χ2n) is 7.13. The third-order valence-corrected chi connectivity index (χ3v) is 7.90. The van der Waals surface area contributed by atoms with E-state index in [1.54, 1.807) is 0 Å². The molecular formula is C25H22ClNO4Te. The fraction of sp³-hybridized carbons (Fsp3) is 0.0800. The van der Waals surface area contributed by atoms with Gasteiger partial charge in [0.25, 0.3) is 0 Å². The molecule has 2 aromatic rings. The smallest absolute Gasteiger partial charge is 0.112 e. The first kappa shape index (κ1) is 24.4. The van der Waals surface area contributed by atoms with Crippen LogP contribution in [0.15, 0.2) is 108 Å². The zero-order chi connectivity index (χ0) is 23.1. The standard InChI is InChI=1S/C25H22NTe.ClHO4/c1-26(2)23-15-13-19(14-16-23)22-17-24(20-9-5-3-6-10-20)27-25(18-22)21-11-7-4-8-12-21;2-1(3,4)5/h3-18H,1-2H3;(H,2,3,4,5)/q+1;/p-1. The van der Waals surface area contributed by atoms with Gasteiger partial charge in [0.2, 0.25) is 0 Å². The molecule has 0 N–H and O–H groups in total. The van der Waals surface area contributed by atoms with Gasteiger partial charge < -0.3 is 0 Å². The summed E-state index contributed by atoms with van der Waals surface area (Å²) in [6.45, 7) is 0. The van der Waals surface area contributed by atoms with Crippen LogP contribution >= 0.6 is 0 Å². The first-order valence-corrected chi connectivity index (χ1v) is 13.3.